The monoisotopic (exact) mass is 693 g/mol. The van der Waals surface area contributed by atoms with Crippen LogP contribution in [0, 0.1) is 0 Å². The Labute approximate surface area is 308 Å². The molecule has 53 heavy (non-hydrogen) atoms. The van der Waals surface area contributed by atoms with Crippen LogP contribution in [0.4, 0.5) is 0 Å². The molecule has 3 heteroatoms. The zero-order valence-electron chi connectivity index (χ0n) is 28.8. The molecular weight excluding hydrogens is 662 g/mol. The maximum atomic E-state index is 15.6. The predicted octanol–water partition coefficient (Wildman–Crippen LogP) is 11.0. The maximum absolute atomic E-state index is 15.6. The Bertz CT molecular complexity index is 2900. The van der Waals surface area contributed by atoms with Gasteiger partial charge in [-0.05, 0) is 62.0 Å². The molecular formula is C50H32NOP. The molecule has 0 N–H and O–H groups in total. The first-order valence-electron chi connectivity index (χ1n) is 18.2. The Kier molecular flexibility index (Phi) is 6.48. The number of fused-ring (bicyclic) bond motifs is 14. The molecule has 1 heterocycles. The molecule has 11 rings (SSSR count). The predicted molar refractivity (Wildman–Crippen MR) is 220 cm³/mol. The van der Waals surface area contributed by atoms with Crippen molar-refractivity contribution >= 4 is 44.7 Å². The summed E-state index contributed by atoms with van der Waals surface area (Å²) < 4.78 is 15.6. The first kappa shape index (κ1) is 30.3. The largest absolute Gasteiger partial charge is 0.309 e. The van der Waals surface area contributed by atoms with Gasteiger partial charge in [-0.15, -0.1) is 0 Å². The first-order chi connectivity index (χ1) is 26.2. The van der Waals surface area contributed by atoms with Crippen LogP contribution >= 0.6 is 7.14 Å². The summed E-state index contributed by atoms with van der Waals surface area (Å²) in [5.74, 6) is 0. The van der Waals surface area contributed by atoms with Crippen molar-refractivity contribution in [1.29, 1.82) is 0 Å². The van der Waals surface area contributed by atoms with Crippen molar-refractivity contribution < 1.29 is 4.57 Å². The van der Waals surface area contributed by atoms with Crippen molar-refractivity contribution in [3.8, 4) is 33.5 Å². The van der Waals surface area contributed by atoms with Gasteiger partial charge in [0, 0.05) is 32.2 Å². The van der Waals surface area contributed by atoms with Gasteiger partial charge < -0.3 is 4.57 Å². The third-order valence-electron chi connectivity index (χ3n) is 11.5. The van der Waals surface area contributed by atoms with E-state index in [0.717, 1.165) is 48.8 Å². The zero-order valence-corrected chi connectivity index (χ0v) is 29.7. The first-order valence-corrected chi connectivity index (χ1v) is 19.9. The van der Waals surface area contributed by atoms with Crippen molar-refractivity contribution in [2.75, 3.05) is 0 Å². The molecule has 1 aromatic heterocycles. The van der Waals surface area contributed by atoms with Gasteiger partial charge in [0.15, 0.2) is 7.14 Å². The number of benzene rings is 8. The van der Waals surface area contributed by atoms with Crippen molar-refractivity contribution in [2.24, 2.45) is 0 Å². The van der Waals surface area contributed by atoms with E-state index in [4.69, 9.17) is 4.98 Å². The van der Waals surface area contributed by atoms with Crippen molar-refractivity contribution in [3.63, 3.8) is 0 Å². The van der Waals surface area contributed by atoms with E-state index in [-0.39, 0.29) is 0 Å². The molecule has 2 aliphatic carbocycles. The summed E-state index contributed by atoms with van der Waals surface area (Å²) in [6.45, 7) is 0. The van der Waals surface area contributed by atoms with Crippen LogP contribution in [0.2, 0.25) is 0 Å². The highest BCUT2D eigenvalue weighted by Gasteiger charge is 2.52. The van der Waals surface area contributed by atoms with E-state index in [1.807, 2.05) is 72.8 Å². The minimum absolute atomic E-state index is 0.464. The summed E-state index contributed by atoms with van der Waals surface area (Å²) in [5, 5.41) is 5.83. The number of hydrogen-bond acceptors (Lipinski definition) is 2. The number of rotatable bonds is 4. The van der Waals surface area contributed by atoms with Gasteiger partial charge in [-0.25, -0.2) is 4.98 Å². The number of para-hydroxylation sites is 1. The third-order valence-corrected chi connectivity index (χ3v) is 14.6. The molecule has 2 nitrogen and oxygen atoms in total. The molecule has 0 aliphatic heterocycles. The summed E-state index contributed by atoms with van der Waals surface area (Å²) in [5.41, 5.74) is 12.5. The summed E-state index contributed by atoms with van der Waals surface area (Å²) in [4.78, 5) is 5.51. The van der Waals surface area contributed by atoms with Crippen LogP contribution in [0.25, 0.3) is 55.2 Å². The molecule has 0 saturated carbocycles. The Morgan fingerprint density at radius 1 is 0.415 bits per heavy atom. The van der Waals surface area contributed by atoms with Gasteiger partial charge in [0.2, 0.25) is 0 Å². The average molecular weight is 694 g/mol. The molecule has 0 amide bonds. The second-order valence-electron chi connectivity index (χ2n) is 14.1. The van der Waals surface area contributed by atoms with Crippen LogP contribution in [-0.2, 0) is 9.98 Å². The summed E-state index contributed by atoms with van der Waals surface area (Å²) in [6, 6.07) is 68.1. The van der Waals surface area contributed by atoms with Gasteiger partial charge in [-0.2, -0.15) is 0 Å². The SMILES string of the molecule is O=P(c1ccccc1)(c1ccccc1)c1cccc(-c2nc3ccccc3c3ccc4c(c23)-c2ccccc2C42c3ccccc3-c3ccccc32)c1. The van der Waals surface area contributed by atoms with Crippen molar-refractivity contribution in [1.82, 2.24) is 4.98 Å². The highest BCUT2D eigenvalue weighted by atomic mass is 31.2. The summed E-state index contributed by atoms with van der Waals surface area (Å²) >= 11 is 0. The topological polar surface area (TPSA) is 30.0 Å². The van der Waals surface area contributed by atoms with Gasteiger partial charge in [-0.3, -0.25) is 0 Å². The third kappa shape index (κ3) is 4.05. The van der Waals surface area contributed by atoms with Crippen LogP contribution in [0.1, 0.15) is 22.3 Å². The molecule has 248 valence electrons. The number of pyridine rings is 1. The number of aromatic nitrogens is 1. The van der Waals surface area contributed by atoms with Crippen LogP contribution in [-0.4, -0.2) is 4.98 Å². The van der Waals surface area contributed by atoms with E-state index in [1.54, 1.807) is 0 Å². The summed E-state index contributed by atoms with van der Waals surface area (Å²) in [6.07, 6.45) is 0. The molecule has 0 radical (unpaired) electrons. The van der Waals surface area contributed by atoms with Crippen molar-refractivity contribution in [2.45, 2.75) is 5.41 Å². The van der Waals surface area contributed by atoms with Crippen LogP contribution < -0.4 is 15.9 Å². The quantitative estimate of drug-likeness (QED) is 0.136. The number of nitrogens with zero attached hydrogens (tertiary/aromatic N) is 1. The fourth-order valence-electron chi connectivity index (χ4n) is 9.41. The standard InChI is InChI=1S/C50H32NOP/c52-53(34-17-3-1-4-18-34,35-19-5-2-6-20-35)36-21-15-16-33(32-36)49-48-40(39-24-10-14-29-46(39)51-49)30-31-45-47(48)41-25-9-13-28-44(41)50(45)42-26-11-7-22-37(42)38-23-8-12-27-43(38)50/h1-32H. The lowest BCUT2D eigenvalue weighted by molar-refractivity contribution is 0.592. The van der Waals surface area contributed by atoms with Crippen molar-refractivity contribution in [3.05, 3.63) is 216 Å². The second kappa shape index (κ2) is 11.3. The smallest absolute Gasteiger partial charge is 0.171 e. The van der Waals surface area contributed by atoms with Gasteiger partial charge >= 0.3 is 0 Å². The fraction of sp³-hybridized carbons (Fsp3) is 0.0200. The van der Waals surface area contributed by atoms with E-state index < -0.39 is 12.6 Å². The Morgan fingerprint density at radius 2 is 0.943 bits per heavy atom. The molecule has 9 aromatic rings. The molecule has 0 unspecified atom stereocenters. The van der Waals surface area contributed by atoms with Gasteiger partial charge in [0.05, 0.1) is 16.6 Å². The second-order valence-corrected chi connectivity index (χ2v) is 16.9. The van der Waals surface area contributed by atoms with E-state index in [0.29, 0.717) is 0 Å². The molecule has 2 aliphatic rings. The molecule has 0 saturated heterocycles. The average Bonchev–Trinajstić information content (AvgIpc) is 3.71. The minimum atomic E-state index is -3.22. The van der Waals surface area contributed by atoms with Crippen LogP contribution in [0.5, 0.6) is 0 Å². The van der Waals surface area contributed by atoms with Gasteiger partial charge in [0.25, 0.3) is 0 Å². The Hall–Kier alpha value is -6.34. The lowest BCUT2D eigenvalue weighted by atomic mass is 9.70. The Morgan fingerprint density at radius 3 is 1.60 bits per heavy atom. The maximum Gasteiger partial charge on any atom is 0.171 e. The van der Waals surface area contributed by atoms with Crippen LogP contribution in [0.15, 0.2) is 194 Å². The highest BCUT2D eigenvalue weighted by Crippen LogP contribution is 2.64. The fourth-order valence-corrected chi connectivity index (χ4v) is 12.1. The molecule has 0 atom stereocenters. The zero-order chi connectivity index (χ0) is 35.1. The van der Waals surface area contributed by atoms with E-state index in [2.05, 4.69) is 121 Å². The molecule has 1 spiro atoms. The van der Waals surface area contributed by atoms with Gasteiger partial charge in [0.1, 0.15) is 0 Å². The normalized spacial score (nSPS) is 13.5. The van der Waals surface area contributed by atoms with E-state index >= 15 is 4.57 Å². The number of hydrogen-bond donors (Lipinski definition) is 0. The Balaban J connectivity index is 1.26. The van der Waals surface area contributed by atoms with E-state index in [1.165, 1.54) is 44.5 Å². The van der Waals surface area contributed by atoms with Crippen LogP contribution in [0.3, 0.4) is 0 Å². The molecule has 8 aromatic carbocycles. The highest BCUT2D eigenvalue weighted by molar-refractivity contribution is 7.85. The lowest BCUT2D eigenvalue weighted by Gasteiger charge is -2.30. The van der Waals surface area contributed by atoms with E-state index in [9.17, 15) is 0 Å². The van der Waals surface area contributed by atoms with Gasteiger partial charge in [-0.1, -0.05) is 182 Å². The lowest BCUT2D eigenvalue weighted by Crippen LogP contribution is -2.25. The minimum Gasteiger partial charge on any atom is -0.309 e. The molecule has 0 bridgehead atoms. The summed E-state index contributed by atoms with van der Waals surface area (Å²) in [7, 11) is -3.22. The molecule has 0 fully saturated rings.